The minimum atomic E-state index is -1.64. The van der Waals surface area contributed by atoms with E-state index in [1.807, 2.05) is 37.3 Å². The number of rotatable bonds is 6. The van der Waals surface area contributed by atoms with Gasteiger partial charge in [-0.3, -0.25) is 0 Å². The Bertz CT molecular complexity index is 1370. The monoisotopic (exact) mass is 511 g/mol. The molecule has 3 aromatic carbocycles. The van der Waals surface area contributed by atoms with Crippen LogP contribution in [-0.4, -0.2) is 60.9 Å². The first-order valence-electron chi connectivity index (χ1n) is 12.8. The Morgan fingerprint density at radius 1 is 1.03 bits per heavy atom. The summed E-state index contributed by atoms with van der Waals surface area (Å²) in [7, 11) is -1.64. The van der Waals surface area contributed by atoms with Gasteiger partial charge in [-0.25, -0.2) is 4.79 Å². The van der Waals surface area contributed by atoms with Gasteiger partial charge in [0.1, 0.15) is 6.61 Å². The molecule has 0 atom stereocenters. The SMILES string of the molecule is Cc1c(CN=[N+]=[N-])cc(N2CCN(C(=O)OCC3c4ccccc4-c4ccccc43)CC2)c(C)c1B(O)O. The average Bonchev–Trinajstić information content (AvgIpc) is 3.25. The minimum absolute atomic E-state index is 0.0145. The zero-order valence-corrected chi connectivity index (χ0v) is 21.5. The van der Waals surface area contributed by atoms with Crippen molar-refractivity contribution in [1.29, 1.82) is 0 Å². The van der Waals surface area contributed by atoms with Crippen LogP contribution in [0.4, 0.5) is 10.5 Å². The van der Waals surface area contributed by atoms with E-state index in [0.29, 0.717) is 37.2 Å². The molecule has 1 amide bonds. The van der Waals surface area contributed by atoms with Crippen LogP contribution in [0.3, 0.4) is 0 Å². The zero-order chi connectivity index (χ0) is 26.8. The van der Waals surface area contributed by atoms with Crippen LogP contribution in [0.1, 0.15) is 33.7 Å². The summed E-state index contributed by atoms with van der Waals surface area (Å²) in [6.45, 7) is 6.14. The molecule has 1 aliphatic carbocycles. The largest absolute Gasteiger partial charge is 0.489 e. The van der Waals surface area contributed by atoms with Crippen LogP contribution in [0.2, 0.25) is 0 Å². The van der Waals surface area contributed by atoms with Gasteiger partial charge in [-0.05, 0) is 69.9 Å². The lowest BCUT2D eigenvalue weighted by Gasteiger charge is -2.37. The molecule has 1 aliphatic heterocycles. The first kappa shape index (κ1) is 25.7. The Balaban J connectivity index is 1.26. The van der Waals surface area contributed by atoms with E-state index in [2.05, 4.69) is 39.2 Å². The summed E-state index contributed by atoms with van der Waals surface area (Å²) in [4.78, 5) is 19.7. The smallest absolute Gasteiger partial charge is 0.448 e. The van der Waals surface area contributed by atoms with E-state index < -0.39 is 7.12 Å². The third kappa shape index (κ3) is 4.70. The van der Waals surface area contributed by atoms with Crippen LogP contribution < -0.4 is 10.4 Å². The summed E-state index contributed by atoms with van der Waals surface area (Å²) in [5.74, 6) is 0.0145. The standard InChI is InChI=1S/C28H30BN5O4/c1-18-20(16-31-32-30)15-26(19(2)27(18)29(36)37)33-11-13-34(14-12-33)28(35)38-17-25-23-9-5-3-7-21(23)22-8-4-6-10-24(22)25/h3-10,15,25,36-37H,11-14,16-17H2,1-2H3. The molecule has 9 nitrogen and oxygen atoms in total. The number of fused-ring (bicyclic) bond motifs is 3. The van der Waals surface area contributed by atoms with Crippen molar-refractivity contribution in [3.8, 4) is 11.1 Å². The van der Waals surface area contributed by atoms with Gasteiger partial charge in [0, 0.05) is 42.7 Å². The number of piperazine rings is 1. The number of nitrogens with zero attached hydrogens (tertiary/aromatic N) is 5. The van der Waals surface area contributed by atoms with Crippen LogP contribution in [0.25, 0.3) is 21.6 Å². The Hall–Kier alpha value is -3.98. The molecule has 3 aromatic rings. The van der Waals surface area contributed by atoms with Crippen LogP contribution in [0.5, 0.6) is 0 Å². The molecule has 1 saturated heterocycles. The second kappa shape index (κ2) is 10.8. The van der Waals surface area contributed by atoms with E-state index in [4.69, 9.17) is 10.3 Å². The fraction of sp³-hybridized carbons (Fsp3) is 0.321. The highest BCUT2D eigenvalue weighted by Crippen LogP contribution is 2.44. The van der Waals surface area contributed by atoms with Crippen molar-refractivity contribution in [3.63, 3.8) is 0 Å². The van der Waals surface area contributed by atoms with Gasteiger partial charge in [0.25, 0.3) is 0 Å². The normalized spacial score (nSPS) is 14.5. The second-order valence-corrected chi connectivity index (χ2v) is 9.76. The van der Waals surface area contributed by atoms with Crippen molar-refractivity contribution in [2.75, 3.05) is 37.7 Å². The Labute approximate surface area is 222 Å². The lowest BCUT2D eigenvalue weighted by Crippen LogP contribution is -2.50. The number of hydrogen-bond acceptors (Lipinski definition) is 6. The van der Waals surface area contributed by atoms with Crippen molar-refractivity contribution >= 4 is 24.4 Å². The first-order chi connectivity index (χ1) is 18.4. The highest BCUT2D eigenvalue weighted by molar-refractivity contribution is 6.60. The molecule has 1 fully saturated rings. The van der Waals surface area contributed by atoms with E-state index in [0.717, 1.165) is 16.8 Å². The molecular weight excluding hydrogens is 481 g/mol. The van der Waals surface area contributed by atoms with Gasteiger partial charge >= 0.3 is 13.2 Å². The van der Waals surface area contributed by atoms with E-state index in [9.17, 15) is 14.8 Å². The molecule has 1 heterocycles. The van der Waals surface area contributed by atoms with Gasteiger partial charge in [0.15, 0.2) is 0 Å². The molecule has 194 valence electrons. The number of anilines is 1. The van der Waals surface area contributed by atoms with Crippen molar-refractivity contribution in [1.82, 2.24) is 4.90 Å². The third-order valence-electron chi connectivity index (χ3n) is 7.76. The topological polar surface area (TPSA) is 122 Å². The van der Waals surface area contributed by atoms with Crippen molar-refractivity contribution in [2.45, 2.75) is 26.3 Å². The number of amides is 1. The second-order valence-electron chi connectivity index (χ2n) is 9.76. The Kier molecular flexibility index (Phi) is 7.29. The maximum absolute atomic E-state index is 13.0. The van der Waals surface area contributed by atoms with Crippen molar-refractivity contribution in [3.05, 3.63) is 92.9 Å². The van der Waals surface area contributed by atoms with Crippen LogP contribution in [-0.2, 0) is 11.3 Å². The van der Waals surface area contributed by atoms with Gasteiger partial charge < -0.3 is 24.6 Å². The first-order valence-corrected chi connectivity index (χ1v) is 12.8. The fourth-order valence-electron chi connectivity index (χ4n) is 5.78. The minimum Gasteiger partial charge on any atom is -0.448 e. The predicted molar refractivity (Wildman–Crippen MR) is 147 cm³/mol. The average molecular weight is 511 g/mol. The number of azide groups is 1. The van der Waals surface area contributed by atoms with Gasteiger partial charge in [-0.15, -0.1) is 0 Å². The van der Waals surface area contributed by atoms with Crippen LogP contribution in [0, 0.1) is 13.8 Å². The summed E-state index contributed by atoms with van der Waals surface area (Å²) in [5.41, 5.74) is 17.0. The Morgan fingerprint density at radius 2 is 1.63 bits per heavy atom. The molecule has 0 aromatic heterocycles. The summed E-state index contributed by atoms with van der Waals surface area (Å²) >= 11 is 0. The van der Waals surface area contributed by atoms with Crippen LogP contribution in [0.15, 0.2) is 59.7 Å². The third-order valence-corrected chi connectivity index (χ3v) is 7.76. The molecule has 10 heteroatoms. The quantitative estimate of drug-likeness (QED) is 0.225. The van der Waals surface area contributed by atoms with Crippen molar-refractivity contribution in [2.24, 2.45) is 5.11 Å². The lowest BCUT2D eigenvalue weighted by atomic mass is 9.72. The Morgan fingerprint density at radius 3 is 2.21 bits per heavy atom. The van der Waals surface area contributed by atoms with E-state index in [1.54, 1.807) is 11.8 Å². The molecule has 0 radical (unpaired) electrons. The van der Waals surface area contributed by atoms with Gasteiger partial charge in [-0.1, -0.05) is 53.6 Å². The maximum Gasteiger partial charge on any atom is 0.489 e. The summed E-state index contributed by atoms with van der Waals surface area (Å²) in [6, 6.07) is 18.5. The molecule has 2 aliphatic rings. The zero-order valence-electron chi connectivity index (χ0n) is 21.5. The molecule has 0 spiro atoms. The van der Waals surface area contributed by atoms with Gasteiger partial charge in [0.2, 0.25) is 0 Å². The lowest BCUT2D eigenvalue weighted by molar-refractivity contribution is 0.0977. The maximum atomic E-state index is 13.0. The van der Waals surface area contributed by atoms with E-state index >= 15 is 0 Å². The fourth-order valence-corrected chi connectivity index (χ4v) is 5.78. The highest BCUT2D eigenvalue weighted by atomic mass is 16.6. The number of hydrogen-bond donors (Lipinski definition) is 2. The molecular formula is C28H30BN5O4. The molecule has 0 bridgehead atoms. The van der Waals surface area contributed by atoms with Crippen molar-refractivity contribution < 1.29 is 19.6 Å². The highest BCUT2D eigenvalue weighted by Gasteiger charge is 2.31. The van der Waals surface area contributed by atoms with Crippen LogP contribution >= 0.6 is 0 Å². The molecule has 0 saturated carbocycles. The predicted octanol–water partition coefficient (Wildman–Crippen LogP) is 3.86. The number of carbonyl (C=O) groups is 1. The number of benzene rings is 3. The summed E-state index contributed by atoms with van der Waals surface area (Å²) in [6.07, 6.45) is -0.331. The number of carbonyl (C=O) groups excluding carboxylic acids is 1. The van der Waals surface area contributed by atoms with Gasteiger partial charge in [-0.2, -0.15) is 0 Å². The van der Waals surface area contributed by atoms with E-state index in [-0.39, 0.29) is 25.2 Å². The summed E-state index contributed by atoms with van der Waals surface area (Å²) < 4.78 is 5.83. The molecule has 38 heavy (non-hydrogen) atoms. The van der Waals surface area contributed by atoms with Gasteiger partial charge in [0.05, 0.1) is 6.54 Å². The number of ether oxygens (including phenoxy) is 1. The summed E-state index contributed by atoms with van der Waals surface area (Å²) in [5, 5.41) is 23.7. The molecule has 2 N–H and O–H groups in total. The molecule has 0 unspecified atom stereocenters. The van der Waals surface area contributed by atoms with E-state index in [1.165, 1.54) is 22.3 Å². The molecule has 5 rings (SSSR count).